The van der Waals surface area contributed by atoms with Crippen molar-refractivity contribution in [3.05, 3.63) is 37.6 Å². The first-order valence-corrected chi connectivity index (χ1v) is 7.68. The molecule has 0 atom stereocenters. The summed E-state index contributed by atoms with van der Waals surface area (Å²) < 4.78 is 0.681. The summed E-state index contributed by atoms with van der Waals surface area (Å²) in [4.78, 5) is 12.9. The summed E-state index contributed by atoms with van der Waals surface area (Å²) in [6.07, 6.45) is 1.50. The monoisotopic (exact) mass is 393 g/mol. The van der Waals surface area contributed by atoms with E-state index in [2.05, 4.69) is 30.9 Å². The summed E-state index contributed by atoms with van der Waals surface area (Å²) in [5.74, 6) is 0.379. The van der Waals surface area contributed by atoms with Gasteiger partial charge in [-0.2, -0.15) is 0 Å². The minimum absolute atomic E-state index is 0.195. The van der Waals surface area contributed by atoms with Crippen molar-refractivity contribution in [1.29, 1.82) is 0 Å². The van der Waals surface area contributed by atoms with Crippen molar-refractivity contribution in [3.8, 4) is 11.5 Å². The van der Waals surface area contributed by atoms with Crippen LogP contribution in [0.5, 0.6) is 0 Å². The molecule has 2 aromatic rings. The summed E-state index contributed by atoms with van der Waals surface area (Å²) >= 11 is 21.6. The predicted molar refractivity (Wildman–Crippen MR) is 86.7 cm³/mol. The van der Waals surface area contributed by atoms with Gasteiger partial charge in [0.2, 0.25) is 0 Å². The van der Waals surface area contributed by atoms with Gasteiger partial charge in [0.05, 0.1) is 20.2 Å². The van der Waals surface area contributed by atoms with E-state index in [9.17, 15) is 0 Å². The van der Waals surface area contributed by atoms with Crippen LogP contribution in [0.1, 0.15) is 26.5 Å². The Morgan fingerprint density at radius 3 is 2.30 bits per heavy atom. The lowest BCUT2D eigenvalue weighted by atomic mass is 9.92. The first kappa shape index (κ1) is 16.0. The van der Waals surface area contributed by atoms with Crippen LogP contribution in [-0.2, 0) is 5.41 Å². The molecule has 0 fully saturated rings. The minimum Gasteiger partial charge on any atom is -0.250 e. The largest absolute Gasteiger partial charge is 0.250 e. The third-order valence-corrected chi connectivity index (χ3v) is 4.29. The lowest BCUT2D eigenvalue weighted by Crippen LogP contribution is -2.16. The van der Waals surface area contributed by atoms with Crippen LogP contribution in [0.15, 0.2) is 16.7 Å². The molecule has 0 radical (unpaired) electrons. The molecule has 0 aliphatic rings. The molecule has 3 nitrogen and oxygen atoms in total. The zero-order valence-corrected chi connectivity index (χ0v) is 14.9. The number of pyridine rings is 1. The maximum atomic E-state index is 6.16. The molecule has 0 aromatic carbocycles. The fourth-order valence-electron chi connectivity index (χ4n) is 1.60. The van der Waals surface area contributed by atoms with Crippen molar-refractivity contribution in [2.24, 2.45) is 0 Å². The molecule has 0 bridgehead atoms. The Morgan fingerprint density at radius 1 is 1.10 bits per heavy atom. The van der Waals surface area contributed by atoms with Crippen LogP contribution in [0.25, 0.3) is 11.5 Å². The van der Waals surface area contributed by atoms with Crippen LogP contribution in [0, 0.1) is 0 Å². The normalized spacial score (nSPS) is 11.8. The Labute approximate surface area is 140 Å². The van der Waals surface area contributed by atoms with Gasteiger partial charge >= 0.3 is 0 Å². The summed E-state index contributed by atoms with van der Waals surface area (Å²) in [5.41, 5.74) is 1.05. The second-order valence-electron chi connectivity index (χ2n) is 5.23. The van der Waals surface area contributed by atoms with E-state index in [0.29, 0.717) is 31.2 Å². The third kappa shape index (κ3) is 3.25. The van der Waals surface area contributed by atoms with Gasteiger partial charge in [-0.25, -0.2) is 15.0 Å². The van der Waals surface area contributed by atoms with Gasteiger partial charge in [-0.3, -0.25) is 0 Å². The van der Waals surface area contributed by atoms with Crippen molar-refractivity contribution in [2.75, 3.05) is 0 Å². The maximum absolute atomic E-state index is 6.16. The number of nitrogens with zero attached hydrogens (tertiary/aromatic N) is 3. The van der Waals surface area contributed by atoms with E-state index >= 15 is 0 Å². The standard InChI is InChI=1S/C13H11BrCl3N3/c1-13(2,3)10-8(14)11(17)20-12(19-10)9-7(16)4-6(15)5-18-9/h4-5H,1-3H3. The van der Waals surface area contributed by atoms with E-state index in [1.165, 1.54) is 6.20 Å². The zero-order valence-electron chi connectivity index (χ0n) is 11.0. The van der Waals surface area contributed by atoms with Gasteiger partial charge < -0.3 is 0 Å². The number of rotatable bonds is 1. The van der Waals surface area contributed by atoms with Crippen molar-refractivity contribution < 1.29 is 0 Å². The van der Waals surface area contributed by atoms with Crippen LogP contribution >= 0.6 is 50.7 Å². The van der Waals surface area contributed by atoms with E-state index in [1.54, 1.807) is 6.07 Å². The summed E-state index contributed by atoms with van der Waals surface area (Å²) in [6, 6.07) is 1.60. The zero-order chi connectivity index (χ0) is 15.1. The molecule has 0 unspecified atom stereocenters. The Bertz CT molecular complexity index is 669. The van der Waals surface area contributed by atoms with Crippen LogP contribution in [0.4, 0.5) is 0 Å². The highest BCUT2D eigenvalue weighted by molar-refractivity contribution is 9.10. The molecular formula is C13H11BrCl3N3. The molecule has 106 valence electrons. The molecule has 0 aliphatic heterocycles. The average Bonchev–Trinajstić information content (AvgIpc) is 2.31. The molecule has 7 heteroatoms. The van der Waals surface area contributed by atoms with Crippen LogP contribution in [0.3, 0.4) is 0 Å². The highest BCUT2D eigenvalue weighted by Crippen LogP contribution is 2.35. The van der Waals surface area contributed by atoms with E-state index in [0.717, 1.165) is 5.69 Å². The fourth-order valence-corrected chi connectivity index (χ4v) is 3.01. The van der Waals surface area contributed by atoms with Gasteiger partial charge in [0.25, 0.3) is 0 Å². The molecule has 2 rings (SSSR count). The van der Waals surface area contributed by atoms with E-state index in [4.69, 9.17) is 34.8 Å². The van der Waals surface area contributed by atoms with Gasteiger partial charge in [0.15, 0.2) is 5.82 Å². The van der Waals surface area contributed by atoms with Gasteiger partial charge in [0.1, 0.15) is 10.8 Å². The lowest BCUT2D eigenvalue weighted by molar-refractivity contribution is 0.564. The molecule has 0 spiro atoms. The molecule has 0 N–H and O–H groups in total. The second kappa shape index (κ2) is 5.76. The highest BCUT2D eigenvalue weighted by atomic mass is 79.9. The Hall–Kier alpha value is -0.420. The van der Waals surface area contributed by atoms with Gasteiger partial charge in [0, 0.05) is 11.6 Å². The molecule has 20 heavy (non-hydrogen) atoms. The number of hydrogen-bond donors (Lipinski definition) is 0. The molecule has 0 saturated heterocycles. The Kier molecular flexibility index (Phi) is 4.59. The maximum Gasteiger partial charge on any atom is 0.181 e. The quantitative estimate of drug-likeness (QED) is 0.594. The minimum atomic E-state index is -0.195. The summed E-state index contributed by atoms with van der Waals surface area (Å²) in [5, 5.41) is 1.17. The predicted octanol–water partition coefficient (Wildman–Crippen LogP) is 5.56. The second-order valence-corrected chi connectivity index (χ2v) is 7.23. The Morgan fingerprint density at radius 2 is 1.75 bits per heavy atom. The van der Waals surface area contributed by atoms with Crippen molar-refractivity contribution in [3.63, 3.8) is 0 Å². The van der Waals surface area contributed by atoms with Crippen molar-refractivity contribution >= 4 is 50.7 Å². The lowest BCUT2D eigenvalue weighted by Gasteiger charge is -2.20. The number of aromatic nitrogens is 3. The van der Waals surface area contributed by atoms with Crippen molar-refractivity contribution in [1.82, 2.24) is 15.0 Å². The first-order valence-electron chi connectivity index (χ1n) is 5.75. The SMILES string of the molecule is CC(C)(C)c1nc(-c2ncc(Cl)cc2Cl)nc(Cl)c1Br. The van der Waals surface area contributed by atoms with Crippen LogP contribution in [-0.4, -0.2) is 15.0 Å². The number of hydrogen-bond acceptors (Lipinski definition) is 3. The van der Waals surface area contributed by atoms with Crippen LogP contribution in [0.2, 0.25) is 15.2 Å². The average molecular weight is 396 g/mol. The van der Waals surface area contributed by atoms with E-state index < -0.39 is 0 Å². The van der Waals surface area contributed by atoms with Gasteiger partial charge in [-0.05, 0) is 22.0 Å². The smallest absolute Gasteiger partial charge is 0.181 e. The molecule has 0 aliphatic carbocycles. The Balaban J connectivity index is 2.67. The van der Waals surface area contributed by atoms with Gasteiger partial charge in [-0.15, -0.1) is 0 Å². The molecule has 0 saturated carbocycles. The summed E-state index contributed by atoms with van der Waals surface area (Å²) in [6.45, 7) is 6.12. The van der Waals surface area contributed by atoms with Crippen LogP contribution < -0.4 is 0 Å². The summed E-state index contributed by atoms with van der Waals surface area (Å²) in [7, 11) is 0. The molecular weight excluding hydrogens is 384 g/mol. The molecule has 2 heterocycles. The number of halogens is 4. The van der Waals surface area contributed by atoms with E-state index in [1.807, 2.05) is 20.8 Å². The first-order chi connectivity index (χ1) is 9.20. The molecule has 2 aromatic heterocycles. The van der Waals surface area contributed by atoms with Gasteiger partial charge in [-0.1, -0.05) is 55.6 Å². The third-order valence-electron chi connectivity index (χ3n) is 2.54. The molecule has 0 amide bonds. The topological polar surface area (TPSA) is 38.7 Å². The highest BCUT2D eigenvalue weighted by Gasteiger charge is 2.24. The fraction of sp³-hybridized carbons (Fsp3) is 0.308. The van der Waals surface area contributed by atoms with E-state index in [-0.39, 0.29) is 5.41 Å². The van der Waals surface area contributed by atoms with Crippen molar-refractivity contribution in [2.45, 2.75) is 26.2 Å².